The van der Waals surface area contributed by atoms with Gasteiger partial charge in [-0.2, -0.15) is 0 Å². The van der Waals surface area contributed by atoms with Crippen molar-refractivity contribution in [2.75, 3.05) is 6.54 Å². The van der Waals surface area contributed by atoms with Crippen molar-refractivity contribution < 1.29 is 9.21 Å². The predicted molar refractivity (Wildman–Crippen MR) is 115 cm³/mol. The zero-order chi connectivity index (χ0) is 21.8. The van der Waals surface area contributed by atoms with Crippen LogP contribution >= 0.6 is 0 Å². The summed E-state index contributed by atoms with van der Waals surface area (Å²) in [6.07, 6.45) is 3.51. The van der Waals surface area contributed by atoms with Crippen LogP contribution in [-0.2, 0) is 5.41 Å². The van der Waals surface area contributed by atoms with E-state index < -0.39 is 6.04 Å². The van der Waals surface area contributed by atoms with Gasteiger partial charge in [-0.05, 0) is 11.5 Å². The second-order valence-electron chi connectivity index (χ2n) is 9.08. The van der Waals surface area contributed by atoms with Gasteiger partial charge >= 0.3 is 11.8 Å². The molecule has 0 fully saturated rings. The SMILES string of the molecule is C[C@@H]1CN(C(=O)c2nnc(C(C)(C)C)o2)[C@@H](c2cc3ccccc3cn2)c2nc[nH]c21. The summed E-state index contributed by atoms with van der Waals surface area (Å²) in [5, 5.41) is 10.2. The van der Waals surface area contributed by atoms with Gasteiger partial charge in [-0.25, -0.2) is 4.98 Å². The van der Waals surface area contributed by atoms with Crippen molar-refractivity contribution in [2.45, 2.75) is 45.1 Å². The predicted octanol–water partition coefficient (Wildman–Crippen LogP) is 3.99. The molecule has 2 atom stereocenters. The van der Waals surface area contributed by atoms with E-state index in [-0.39, 0.29) is 23.1 Å². The van der Waals surface area contributed by atoms with E-state index in [1.54, 1.807) is 11.2 Å². The van der Waals surface area contributed by atoms with E-state index in [0.717, 1.165) is 27.9 Å². The molecule has 0 radical (unpaired) electrons. The summed E-state index contributed by atoms with van der Waals surface area (Å²) in [4.78, 5) is 27.8. The van der Waals surface area contributed by atoms with Crippen molar-refractivity contribution in [3.8, 4) is 0 Å². The topological polar surface area (TPSA) is 101 Å². The number of H-pyrrole nitrogens is 1. The number of nitrogens with zero attached hydrogens (tertiary/aromatic N) is 5. The molecule has 0 unspecified atom stereocenters. The van der Waals surface area contributed by atoms with Gasteiger partial charge in [0.2, 0.25) is 5.89 Å². The minimum atomic E-state index is -0.445. The molecule has 1 N–H and O–H groups in total. The molecule has 8 heteroatoms. The smallest absolute Gasteiger partial charge is 0.312 e. The zero-order valence-corrected chi connectivity index (χ0v) is 18.0. The Morgan fingerprint density at radius 1 is 1.16 bits per heavy atom. The van der Waals surface area contributed by atoms with Gasteiger partial charge in [0.05, 0.1) is 17.7 Å². The molecule has 158 valence electrons. The van der Waals surface area contributed by atoms with E-state index >= 15 is 0 Å². The molecule has 0 saturated heterocycles. The number of carbonyl (C=O) groups excluding carboxylic acids is 1. The van der Waals surface area contributed by atoms with Crippen molar-refractivity contribution in [1.29, 1.82) is 0 Å². The second kappa shape index (κ2) is 7.01. The molecule has 0 spiro atoms. The van der Waals surface area contributed by atoms with Crippen molar-refractivity contribution in [2.24, 2.45) is 0 Å². The van der Waals surface area contributed by atoms with Crippen LogP contribution in [0.15, 0.2) is 47.3 Å². The molecule has 31 heavy (non-hydrogen) atoms. The van der Waals surface area contributed by atoms with Gasteiger partial charge < -0.3 is 14.3 Å². The standard InChI is InChI=1S/C23H24N6O2/c1-13-11-29(21(30)20-27-28-22(31-20)23(2,3)4)19(18-17(13)25-12-26-18)16-9-14-7-5-6-8-15(14)10-24-16/h5-10,12-13,19H,11H2,1-4H3,(H,25,26)/t13-,19+/m1/s1. The van der Waals surface area contributed by atoms with Gasteiger partial charge in [0.1, 0.15) is 6.04 Å². The minimum Gasteiger partial charge on any atom is -0.416 e. The van der Waals surface area contributed by atoms with Gasteiger partial charge in [0, 0.05) is 35.2 Å². The normalized spacial score (nSPS) is 18.9. The number of fused-ring (bicyclic) bond motifs is 2. The van der Waals surface area contributed by atoms with E-state index in [9.17, 15) is 4.79 Å². The first-order chi connectivity index (χ1) is 14.8. The quantitative estimate of drug-likeness (QED) is 0.530. The van der Waals surface area contributed by atoms with Crippen molar-refractivity contribution in [3.63, 3.8) is 0 Å². The van der Waals surface area contributed by atoms with Crippen LogP contribution in [0.25, 0.3) is 10.8 Å². The van der Waals surface area contributed by atoms with Crippen LogP contribution in [0.4, 0.5) is 0 Å². The minimum absolute atomic E-state index is 0.0121. The van der Waals surface area contributed by atoms with Gasteiger partial charge in [-0.3, -0.25) is 9.78 Å². The Bertz CT molecular complexity index is 1270. The molecule has 5 rings (SSSR count). The number of aromatic nitrogens is 5. The summed E-state index contributed by atoms with van der Waals surface area (Å²) in [5.74, 6) is 0.190. The van der Waals surface area contributed by atoms with E-state index in [4.69, 9.17) is 9.40 Å². The van der Waals surface area contributed by atoms with E-state index in [2.05, 4.69) is 27.1 Å². The van der Waals surface area contributed by atoms with Gasteiger partial charge in [-0.15, -0.1) is 10.2 Å². The lowest BCUT2D eigenvalue weighted by atomic mass is 9.92. The maximum atomic E-state index is 13.5. The van der Waals surface area contributed by atoms with Gasteiger partial charge in [0.15, 0.2) is 0 Å². The number of pyridine rings is 1. The summed E-state index contributed by atoms with van der Waals surface area (Å²) < 4.78 is 5.76. The number of benzene rings is 1. The first-order valence-corrected chi connectivity index (χ1v) is 10.4. The summed E-state index contributed by atoms with van der Waals surface area (Å²) >= 11 is 0. The number of aromatic amines is 1. The lowest BCUT2D eigenvalue weighted by molar-refractivity contribution is 0.0625. The van der Waals surface area contributed by atoms with Crippen LogP contribution in [0, 0.1) is 0 Å². The van der Waals surface area contributed by atoms with Gasteiger partial charge in [-0.1, -0.05) is 52.0 Å². The third kappa shape index (κ3) is 3.28. The average Bonchev–Trinajstić information content (AvgIpc) is 3.43. The number of carbonyl (C=O) groups is 1. The molecule has 0 saturated carbocycles. The summed E-state index contributed by atoms with van der Waals surface area (Å²) in [6, 6.07) is 9.60. The third-order valence-corrected chi connectivity index (χ3v) is 5.68. The van der Waals surface area contributed by atoms with Gasteiger partial charge in [0.25, 0.3) is 0 Å². The molecule has 1 amide bonds. The molecular weight excluding hydrogens is 392 g/mol. The highest BCUT2D eigenvalue weighted by Gasteiger charge is 2.40. The largest absolute Gasteiger partial charge is 0.416 e. The van der Waals surface area contributed by atoms with Crippen LogP contribution in [0.5, 0.6) is 0 Å². The third-order valence-electron chi connectivity index (χ3n) is 5.68. The maximum Gasteiger partial charge on any atom is 0.312 e. The fraction of sp³-hybridized carbons (Fsp3) is 0.348. The monoisotopic (exact) mass is 416 g/mol. The summed E-state index contributed by atoms with van der Waals surface area (Å²) in [7, 11) is 0. The first-order valence-electron chi connectivity index (χ1n) is 10.4. The highest BCUT2D eigenvalue weighted by atomic mass is 16.4. The molecular formula is C23H24N6O2. The number of hydrogen-bond acceptors (Lipinski definition) is 6. The van der Waals surface area contributed by atoms with E-state index in [1.165, 1.54) is 0 Å². The number of nitrogens with one attached hydrogen (secondary N) is 1. The van der Waals surface area contributed by atoms with Crippen molar-refractivity contribution in [1.82, 2.24) is 30.0 Å². The van der Waals surface area contributed by atoms with Crippen LogP contribution in [0.1, 0.15) is 73.3 Å². The average molecular weight is 416 g/mol. The van der Waals surface area contributed by atoms with Crippen LogP contribution in [0.3, 0.4) is 0 Å². The molecule has 1 aliphatic rings. The molecule has 4 heterocycles. The number of amides is 1. The van der Waals surface area contributed by atoms with Crippen molar-refractivity contribution >= 4 is 16.7 Å². The molecule has 8 nitrogen and oxygen atoms in total. The Hall–Kier alpha value is -3.55. The number of imidazole rings is 1. The Morgan fingerprint density at radius 3 is 2.68 bits per heavy atom. The molecule has 0 bridgehead atoms. The number of rotatable bonds is 2. The maximum absolute atomic E-state index is 13.5. The molecule has 4 aromatic rings. The lowest BCUT2D eigenvalue weighted by Gasteiger charge is -2.36. The molecule has 0 aliphatic carbocycles. The lowest BCUT2D eigenvalue weighted by Crippen LogP contribution is -2.42. The Balaban J connectivity index is 1.60. The second-order valence-corrected chi connectivity index (χ2v) is 9.08. The fourth-order valence-electron chi connectivity index (χ4n) is 4.05. The van der Waals surface area contributed by atoms with Crippen molar-refractivity contribution in [3.05, 3.63) is 71.7 Å². The fourth-order valence-corrected chi connectivity index (χ4v) is 4.05. The Kier molecular flexibility index (Phi) is 4.39. The van der Waals surface area contributed by atoms with Crippen LogP contribution in [0.2, 0.25) is 0 Å². The highest BCUT2D eigenvalue weighted by Crippen LogP contribution is 2.38. The molecule has 1 aromatic carbocycles. The summed E-state index contributed by atoms with van der Waals surface area (Å²) in [6.45, 7) is 8.46. The Morgan fingerprint density at radius 2 is 1.94 bits per heavy atom. The Labute approximate surface area is 179 Å². The molecule has 1 aliphatic heterocycles. The first kappa shape index (κ1) is 19.4. The van der Waals surface area contributed by atoms with E-state index in [0.29, 0.717) is 12.4 Å². The summed E-state index contributed by atoms with van der Waals surface area (Å²) in [5.41, 5.74) is 2.23. The molecule has 3 aromatic heterocycles. The highest BCUT2D eigenvalue weighted by molar-refractivity contribution is 5.90. The number of hydrogen-bond donors (Lipinski definition) is 1. The van der Waals surface area contributed by atoms with Crippen LogP contribution < -0.4 is 0 Å². The van der Waals surface area contributed by atoms with Crippen LogP contribution in [-0.4, -0.2) is 42.5 Å². The zero-order valence-electron chi connectivity index (χ0n) is 18.0. The van der Waals surface area contributed by atoms with E-state index in [1.807, 2.05) is 57.3 Å².